The zero-order valence-corrected chi connectivity index (χ0v) is 14.8. The van der Waals surface area contributed by atoms with Crippen LogP contribution < -0.4 is 10.1 Å². The highest BCUT2D eigenvalue weighted by molar-refractivity contribution is 5.91. The number of amides is 1. The van der Waals surface area contributed by atoms with Gasteiger partial charge in [-0.2, -0.15) is 0 Å². The van der Waals surface area contributed by atoms with Gasteiger partial charge in [-0.05, 0) is 26.8 Å². The van der Waals surface area contributed by atoms with Gasteiger partial charge in [0, 0.05) is 23.3 Å². The number of nitrogens with zero attached hydrogens (tertiary/aromatic N) is 1. The lowest BCUT2D eigenvalue weighted by atomic mass is 10.0. The van der Waals surface area contributed by atoms with Gasteiger partial charge in [0.05, 0.1) is 12.0 Å². The summed E-state index contributed by atoms with van der Waals surface area (Å²) in [5, 5.41) is 13.8. The van der Waals surface area contributed by atoms with Gasteiger partial charge in [0.15, 0.2) is 0 Å². The normalized spacial score (nSPS) is 11.0. The summed E-state index contributed by atoms with van der Waals surface area (Å²) in [6, 6.07) is 8.27. The molecule has 1 amide bonds. The number of nitro benzene ring substituents is 1. The van der Waals surface area contributed by atoms with Gasteiger partial charge < -0.3 is 9.47 Å². The molecule has 1 N–H and O–H groups in total. The zero-order chi connectivity index (χ0) is 19.5. The topological polar surface area (TPSA) is 90.7 Å². The summed E-state index contributed by atoms with van der Waals surface area (Å²) >= 11 is 0. The second-order valence-electron chi connectivity index (χ2n) is 6.43. The van der Waals surface area contributed by atoms with Crippen molar-refractivity contribution in [1.82, 2.24) is 0 Å². The average molecular weight is 362 g/mol. The number of benzene rings is 2. The van der Waals surface area contributed by atoms with Crippen LogP contribution in [0.3, 0.4) is 0 Å². The Morgan fingerprint density at radius 3 is 2.38 bits per heavy atom. The van der Waals surface area contributed by atoms with Crippen LogP contribution in [0.15, 0.2) is 36.4 Å². The minimum absolute atomic E-state index is 0.110. The fraction of sp³-hybridized carbons (Fsp3) is 0.278. The molecule has 0 bridgehead atoms. The van der Waals surface area contributed by atoms with E-state index in [-0.39, 0.29) is 22.6 Å². The number of carbonyl (C=O) groups excluding carboxylic acids is 1. The summed E-state index contributed by atoms with van der Waals surface area (Å²) in [6.07, 6.45) is -0.846. The van der Waals surface area contributed by atoms with Crippen molar-refractivity contribution in [3.8, 4) is 16.9 Å². The molecule has 0 unspecified atom stereocenters. The van der Waals surface area contributed by atoms with E-state index in [1.165, 1.54) is 31.4 Å². The summed E-state index contributed by atoms with van der Waals surface area (Å²) in [6.45, 7) is 5.01. The molecule has 0 spiro atoms. The lowest BCUT2D eigenvalue weighted by Gasteiger charge is -2.20. The predicted octanol–water partition coefficient (Wildman–Crippen LogP) is 4.76. The number of rotatable bonds is 4. The van der Waals surface area contributed by atoms with Gasteiger partial charge in [-0.1, -0.05) is 18.2 Å². The maximum atomic E-state index is 14.1. The maximum absolute atomic E-state index is 14.1. The van der Waals surface area contributed by atoms with Crippen molar-refractivity contribution in [2.75, 3.05) is 12.4 Å². The Kier molecular flexibility index (Phi) is 5.44. The van der Waals surface area contributed by atoms with Crippen LogP contribution in [0.5, 0.6) is 5.75 Å². The number of methoxy groups -OCH3 is 1. The van der Waals surface area contributed by atoms with Crippen LogP contribution in [0, 0.1) is 15.9 Å². The quantitative estimate of drug-likeness (QED) is 0.626. The third kappa shape index (κ3) is 4.47. The first-order valence-corrected chi connectivity index (χ1v) is 7.73. The summed E-state index contributed by atoms with van der Waals surface area (Å²) in [5.41, 5.74) is -0.935. The Morgan fingerprint density at radius 2 is 1.85 bits per heavy atom. The first-order chi connectivity index (χ1) is 12.1. The molecule has 0 saturated heterocycles. The predicted molar refractivity (Wildman–Crippen MR) is 94.9 cm³/mol. The van der Waals surface area contributed by atoms with E-state index < -0.39 is 28.1 Å². The van der Waals surface area contributed by atoms with Crippen LogP contribution in [-0.2, 0) is 4.74 Å². The molecule has 138 valence electrons. The second kappa shape index (κ2) is 7.38. The monoisotopic (exact) mass is 362 g/mol. The molecule has 2 aromatic rings. The summed E-state index contributed by atoms with van der Waals surface area (Å²) < 4.78 is 24.4. The molecule has 0 atom stereocenters. The third-order valence-corrected chi connectivity index (χ3v) is 3.31. The van der Waals surface area contributed by atoms with E-state index in [9.17, 15) is 19.3 Å². The van der Waals surface area contributed by atoms with Crippen molar-refractivity contribution < 1.29 is 23.6 Å². The minimum Gasteiger partial charge on any atom is -0.496 e. The lowest BCUT2D eigenvalue weighted by Crippen LogP contribution is -2.27. The molecule has 0 aromatic heterocycles. The number of nitro groups is 1. The van der Waals surface area contributed by atoms with E-state index in [1.54, 1.807) is 26.8 Å². The lowest BCUT2D eigenvalue weighted by molar-refractivity contribution is -0.383. The molecule has 26 heavy (non-hydrogen) atoms. The largest absolute Gasteiger partial charge is 0.496 e. The van der Waals surface area contributed by atoms with Crippen LogP contribution in [0.2, 0.25) is 0 Å². The summed E-state index contributed by atoms with van der Waals surface area (Å²) in [5.74, 6) is -0.375. The highest BCUT2D eigenvalue weighted by Gasteiger charge is 2.24. The van der Waals surface area contributed by atoms with E-state index in [4.69, 9.17) is 9.47 Å². The molecule has 0 aliphatic heterocycles. The number of hydrogen-bond acceptors (Lipinski definition) is 5. The van der Waals surface area contributed by atoms with Crippen LogP contribution >= 0.6 is 0 Å². The van der Waals surface area contributed by atoms with Crippen LogP contribution in [0.4, 0.5) is 20.6 Å². The van der Waals surface area contributed by atoms with E-state index in [2.05, 4.69) is 5.32 Å². The van der Waals surface area contributed by atoms with Gasteiger partial charge in [-0.15, -0.1) is 0 Å². The van der Waals surface area contributed by atoms with Crippen molar-refractivity contribution in [3.05, 3.63) is 52.3 Å². The molecule has 0 radical (unpaired) electrons. The van der Waals surface area contributed by atoms with E-state index in [1.807, 2.05) is 0 Å². The molecule has 0 fully saturated rings. The molecule has 8 heteroatoms. The third-order valence-electron chi connectivity index (χ3n) is 3.31. The molecule has 7 nitrogen and oxygen atoms in total. The number of nitrogens with one attached hydrogen (secondary N) is 1. The van der Waals surface area contributed by atoms with Gasteiger partial charge in [0.25, 0.3) is 5.69 Å². The molecule has 0 aliphatic carbocycles. The summed E-state index contributed by atoms with van der Waals surface area (Å²) in [7, 11) is 1.35. The standard InChI is InChI=1S/C18H19FN2O5/c1-18(2,3)26-17(22)20-14-10-16(25-4)12(9-15(14)21(23)24)11-7-5-6-8-13(11)19/h5-10H,1-4H3,(H,20,22). The highest BCUT2D eigenvalue weighted by atomic mass is 19.1. The smallest absolute Gasteiger partial charge is 0.412 e. The van der Waals surface area contributed by atoms with Crippen LogP contribution in [0.25, 0.3) is 11.1 Å². The first kappa shape index (κ1) is 19.2. The first-order valence-electron chi connectivity index (χ1n) is 7.73. The Morgan fingerprint density at radius 1 is 1.19 bits per heavy atom. The minimum atomic E-state index is -0.846. The van der Waals surface area contributed by atoms with Gasteiger partial charge in [-0.3, -0.25) is 15.4 Å². The van der Waals surface area contributed by atoms with E-state index in [0.717, 1.165) is 6.07 Å². The molecule has 2 rings (SSSR count). The van der Waals surface area contributed by atoms with E-state index in [0.29, 0.717) is 0 Å². The van der Waals surface area contributed by atoms with Crippen molar-refractivity contribution in [2.45, 2.75) is 26.4 Å². The van der Waals surface area contributed by atoms with Gasteiger partial charge >= 0.3 is 6.09 Å². The molecule has 0 heterocycles. The van der Waals surface area contributed by atoms with Crippen molar-refractivity contribution in [1.29, 1.82) is 0 Å². The van der Waals surface area contributed by atoms with Crippen molar-refractivity contribution in [3.63, 3.8) is 0 Å². The second-order valence-corrected chi connectivity index (χ2v) is 6.43. The maximum Gasteiger partial charge on any atom is 0.412 e. The Labute approximate surface area is 149 Å². The van der Waals surface area contributed by atoms with Gasteiger partial charge in [0.2, 0.25) is 0 Å². The number of ether oxygens (including phenoxy) is 2. The van der Waals surface area contributed by atoms with Crippen molar-refractivity contribution >= 4 is 17.5 Å². The zero-order valence-electron chi connectivity index (χ0n) is 14.8. The SMILES string of the molecule is COc1cc(NC(=O)OC(C)(C)C)c([N+](=O)[O-])cc1-c1ccccc1F. The van der Waals surface area contributed by atoms with Crippen molar-refractivity contribution in [2.24, 2.45) is 0 Å². The molecular weight excluding hydrogens is 343 g/mol. The fourth-order valence-corrected chi connectivity index (χ4v) is 2.29. The fourth-order valence-electron chi connectivity index (χ4n) is 2.29. The molecular formula is C18H19FN2O5. The average Bonchev–Trinajstić information content (AvgIpc) is 2.53. The molecule has 2 aromatic carbocycles. The Bertz CT molecular complexity index is 846. The number of anilines is 1. The summed E-state index contributed by atoms with van der Waals surface area (Å²) in [4.78, 5) is 22.7. The van der Waals surface area contributed by atoms with Gasteiger partial charge in [-0.25, -0.2) is 9.18 Å². The molecule has 0 aliphatic rings. The highest BCUT2D eigenvalue weighted by Crippen LogP contribution is 2.39. The number of halogens is 1. The van der Waals surface area contributed by atoms with Crippen LogP contribution in [0.1, 0.15) is 20.8 Å². The van der Waals surface area contributed by atoms with E-state index >= 15 is 0 Å². The number of hydrogen-bond donors (Lipinski definition) is 1. The number of carbonyl (C=O) groups is 1. The van der Waals surface area contributed by atoms with Gasteiger partial charge in [0.1, 0.15) is 22.9 Å². The van der Waals surface area contributed by atoms with Crippen LogP contribution in [-0.4, -0.2) is 23.7 Å². The Balaban J connectivity index is 2.53. The molecule has 0 saturated carbocycles. The Hall–Kier alpha value is -3.16.